The summed E-state index contributed by atoms with van der Waals surface area (Å²) in [6.07, 6.45) is 1.05. The zero-order valence-electron chi connectivity index (χ0n) is 17.2. The summed E-state index contributed by atoms with van der Waals surface area (Å²) < 4.78 is 29.3. The zero-order chi connectivity index (χ0) is 22.2. The Morgan fingerprint density at radius 3 is 2.68 bits per heavy atom. The molecule has 0 saturated carbocycles. The van der Waals surface area contributed by atoms with Crippen LogP contribution >= 0.6 is 22.9 Å². The molecule has 2 aromatic rings. The van der Waals surface area contributed by atoms with E-state index in [1.54, 1.807) is 29.2 Å². The van der Waals surface area contributed by atoms with Crippen molar-refractivity contribution in [2.75, 3.05) is 46.3 Å². The molecule has 2 aliphatic rings. The smallest absolute Gasteiger partial charge is 0.250 e. The van der Waals surface area contributed by atoms with Gasteiger partial charge in [0.25, 0.3) is 10.0 Å². The second-order valence-corrected chi connectivity index (χ2v) is 11.5. The van der Waals surface area contributed by atoms with E-state index in [1.807, 2.05) is 7.05 Å². The average Bonchev–Trinajstić information content (AvgIpc) is 3.15. The van der Waals surface area contributed by atoms with E-state index in [0.717, 1.165) is 34.5 Å². The van der Waals surface area contributed by atoms with E-state index in [-0.39, 0.29) is 22.6 Å². The monoisotopic (exact) mass is 484 g/mol. The Kier molecular flexibility index (Phi) is 6.55. The number of amides is 2. The van der Waals surface area contributed by atoms with Crippen LogP contribution in [0.5, 0.6) is 0 Å². The minimum Gasteiger partial charge on any atom is -0.339 e. The van der Waals surface area contributed by atoms with Gasteiger partial charge >= 0.3 is 0 Å². The molecule has 3 heterocycles. The number of rotatable bonds is 5. The normalized spacial score (nSPS) is 21.1. The number of carbonyl (C=O) groups excluding carboxylic acids is 2. The summed E-state index contributed by atoms with van der Waals surface area (Å²) >= 11 is 7.11. The lowest BCUT2D eigenvalue weighted by Crippen LogP contribution is -2.56. The van der Waals surface area contributed by atoms with Crippen molar-refractivity contribution in [3.8, 4) is 0 Å². The Bertz CT molecular complexity index is 1100. The predicted octanol–water partition coefficient (Wildman–Crippen LogP) is 1.60. The van der Waals surface area contributed by atoms with Crippen molar-refractivity contribution < 1.29 is 18.0 Å². The molecule has 1 atom stereocenters. The number of sulfonamides is 1. The van der Waals surface area contributed by atoms with Gasteiger partial charge in [-0.25, -0.2) is 8.42 Å². The lowest BCUT2D eigenvalue weighted by Gasteiger charge is -2.36. The van der Waals surface area contributed by atoms with Gasteiger partial charge in [0.05, 0.1) is 6.54 Å². The molecule has 0 bridgehead atoms. The van der Waals surface area contributed by atoms with Crippen molar-refractivity contribution in [3.63, 3.8) is 0 Å². The van der Waals surface area contributed by atoms with Gasteiger partial charge in [0, 0.05) is 42.4 Å². The van der Waals surface area contributed by atoms with Crippen LogP contribution in [0.2, 0.25) is 5.02 Å². The Morgan fingerprint density at radius 1 is 1.19 bits per heavy atom. The van der Waals surface area contributed by atoms with Crippen molar-refractivity contribution in [1.29, 1.82) is 0 Å². The molecule has 1 aromatic carbocycles. The van der Waals surface area contributed by atoms with E-state index in [0.29, 0.717) is 37.5 Å². The number of nitrogens with zero attached hydrogens (tertiary/aromatic N) is 3. The minimum atomic E-state index is -3.87. The van der Waals surface area contributed by atoms with E-state index < -0.39 is 16.1 Å². The van der Waals surface area contributed by atoms with Crippen molar-refractivity contribution in [3.05, 3.63) is 29.3 Å². The number of benzene rings is 1. The second-order valence-electron chi connectivity index (χ2n) is 8.01. The highest BCUT2D eigenvalue weighted by Crippen LogP contribution is 2.31. The third-order valence-electron chi connectivity index (χ3n) is 5.73. The molecule has 168 valence electrons. The molecular weight excluding hydrogens is 460 g/mol. The lowest BCUT2D eigenvalue weighted by atomic mass is 10.1. The molecule has 0 aliphatic carbocycles. The number of carbonyl (C=O) groups is 2. The summed E-state index contributed by atoms with van der Waals surface area (Å²) in [5.41, 5.74) is 0. The van der Waals surface area contributed by atoms with E-state index in [2.05, 4.69) is 9.62 Å². The third kappa shape index (κ3) is 5.04. The molecule has 0 spiro atoms. The Morgan fingerprint density at radius 2 is 1.94 bits per heavy atom. The highest BCUT2D eigenvalue weighted by molar-refractivity contribution is 7.91. The van der Waals surface area contributed by atoms with Crippen LogP contribution in [-0.2, 0) is 19.6 Å². The molecule has 1 unspecified atom stereocenters. The first-order valence-corrected chi connectivity index (χ1v) is 12.9. The topological polar surface area (TPSA) is 90.0 Å². The Labute approximate surface area is 190 Å². The summed E-state index contributed by atoms with van der Waals surface area (Å²) in [6, 6.07) is 5.91. The molecule has 4 rings (SSSR count). The maximum absolute atomic E-state index is 12.9. The number of halogens is 1. The molecule has 31 heavy (non-hydrogen) atoms. The summed E-state index contributed by atoms with van der Waals surface area (Å²) in [5.74, 6) is -0.437. The number of fused-ring (bicyclic) bond motifs is 1. The molecule has 2 amide bonds. The van der Waals surface area contributed by atoms with Crippen molar-refractivity contribution >= 4 is 54.9 Å². The maximum Gasteiger partial charge on any atom is 0.250 e. The molecule has 11 heteroatoms. The maximum atomic E-state index is 12.9. The average molecular weight is 485 g/mol. The second kappa shape index (κ2) is 9.03. The first kappa shape index (κ1) is 22.5. The Balaban J connectivity index is 1.43. The molecule has 0 radical (unpaired) electrons. The predicted molar refractivity (Wildman–Crippen MR) is 121 cm³/mol. The van der Waals surface area contributed by atoms with Crippen LogP contribution in [0.25, 0.3) is 10.1 Å². The fourth-order valence-corrected chi connectivity index (χ4v) is 6.80. The first-order valence-electron chi connectivity index (χ1n) is 10.2. The molecule has 1 aromatic heterocycles. The number of piperazine rings is 1. The van der Waals surface area contributed by atoms with Gasteiger partial charge in [-0.2, -0.15) is 4.72 Å². The molecular formula is C20H25ClN4O4S2. The molecule has 2 fully saturated rings. The van der Waals surface area contributed by atoms with Gasteiger partial charge in [-0.05, 0) is 43.5 Å². The van der Waals surface area contributed by atoms with Gasteiger partial charge < -0.3 is 14.7 Å². The summed E-state index contributed by atoms with van der Waals surface area (Å²) in [4.78, 5) is 30.9. The fourth-order valence-electron chi connectivity index (χ4n) is 3.88. The molecule has 8 nitrogen and oxygen atoms in total. The Hall–Kier alpha value is -1.72. The lowest BCUT2D eigenvalue weighted by molar-refractivity contribution is -0.143. The minimum absolute atomic E-state index is 0.0117. The number of hydrogen-bond donors (Lipinski definition) is 1. The van der Waals surface area contributed by atoms with Gasteiger partial charge in [-0.3, -0.25) is 9.59 Å². The number of hydrogen-bond acceptors (Lipinski definition) is 6. The summed E-state index contributed by atoms with van der Waals surface area (Å²) in [5, 5.41) is 1.32. The third-order valence-corrected chi connectivity index (χ3v) is 9.01. The van der Waals surface area contributed by atoms with Gasteiger partial charge in [0.1, 0.15) is 10.3 Å². The fraction of sp³-hybridized carbons (Fsp3) is 0.500. The van der Waals surface area contributed by atoms with Crippen LogP contribution in [0.3, 0.4) is 0 Å². The standard InChI is InChI=1S/C20H25ClN4O4S2/c1-23-7-9-24(10-8-23)18(26)13-25-6-2-3-16(20(25)27)22-31(28,29)19-11-14-4-5-15(21)12-17(14)30-19/h4-5,11-12,16,22H,2-3,6-10,13H2,1H3. The van der Waals surface area contributed by atoms with E-state index in [4.69, 9.17) is 11.6 Å². The first-order chi connectivity index (χ1) is 14.7. The quantitative estimate of drug-likeness (QED) is 0.696. The van der Waals surface area contributed by atoms with Crippen LogP contribution in [0.1, 0.15) is 12.8 Å². The van der Waals surface area contributed by atoms with Crippen molar-refractivity contribution in [2.24, 2.45) is 0 Å². The number of piperidine rings is 1. The van der Waals surface area contributed by atoms with Gasteiger partial charge in [0.15, 0.2) is 0 Å². The number of nitrogens with one attached hydrogen (secondary N) is 1. The van der Waals surface area contributed by atoms with Crippen LogP contribution in [0.15, 0.2) is 28.5 Å². The van der Waals surface area contributed by atoms with Gasteiger partial charge in [0.2, 0.25) is 11.8 Å². The number of thiophene rings is 1. The van der Waals surface area contributed by atoms with Crippen LogP contribution in [-0.4, -0.2) is 87.3 Å². The SMILES string of the molecule is CN1CCN(C(=O)CN2CCCC(NS(=O)(=O)c3cc4ccc(Cl)cc4s3)C2=O)CC1. The van der Waals surface area contributed by atoms with E-state index >= 15 is 0 Å². The summed E-state index contributed by atoms with van der Waals surface area (Å²) in [6.45, 7) is 3.35. The summed E-state index contributed by atoms with van der Waals surface area (Å²) in [7, 11) is -1.86. The zero-order valence-corrected chi connectivity index (χ0v) is 19.6. The van der Waals surface area contributed by atoms with Gasteiger partial charge in [-0.1, -0.05) is 17.7 Å². The van der Waals surface area contributed by atoms with Gasteiger partial charge in [-0.15, -0.1) is 11.3 Å². The van der Waals surface area contributed by atoms with E-state index in [1.165, 1.54) is 4.90 Å². The highest BCUT2D eigenvalue weighted by atomic mass is 35.5. The number of likely N-dealkylation sites (tertiary alicyclic amines) is 1. The van der Waals surface area contributed by atoms with Crippen LogP contribution in [0.4, 0.5) is 0 Å². The van der Waals surface area contributed by atoms with Crippen LogP contribution in [0, 0.1) is 0 Å². The molecule has 2 aliphatic heterocycles. The van der Waals surface area contributed by atoms with Crippen molar-refractivity contribution in [2.45, 2.75) is 23.1 Å². The van der Waals surface area contributed by atoms with Crippen molar-refractivity contribution in [1.82, 2.24) is 19.4 Å². The molecule has 2 saturated heterocycles. The van der Waals surface area contributed by atoms with Crippen LogP contribution < -0.4 is 4.72 Å². The molecule has 1 N–H and O–H groups in total. The van der Waals surface area contributed by atoms with E-state index in [9.17, 15) is 18.0 Å². The number of likely N-dealkylation sites (N-methyl/N-ethyl adjacent to an activating group) is 1. The highest BCUT2D eigenvalue weighted by Gasteiger charge is 2.34. The largest absolute Gasteiger partial charge is 0.339 e.